The number of carbonyl (C=O) groups excluding carboxylic acids is 2. The third-order valence-electron chi connectivity index (χ3n) is 2.41. The van der Waals surface area contributed by atoms with Gasteiger partial charge in [-0.3, -0.25) is 9.59 Å². The third-order valence-corrected chi connectivity index (χ3v) is 2.65. The average molecular weight is 300 g/mol. The van der Waals surface area contributed by atoms with Crippen LogP contribution in [0, 0.1) is 0 Å². The van der Waals surface area contributed by atoms with Gasteiger partial charge in [-0.25, -0.2) is 0 Å². The highest BCUT2D eigenvalue weighted by Crippen LogP contribution is 2.18. The Bertz CT molecular complexity index is 464. The summed E-state index contributed by atoms with van der Waals surface area (Å²) in [6, 6.07) is 6.81. The Morgan fingerprint density at radius 2 is 2.15 bits per heavy atom. The minimum absolute atomic E-state index is 0.142. The molecule has 1 N–H and O–H groups in total. The molecule has 0 aliphatic carbocycles. The van der Waals surface area contributed by atoms with Crippen molar-refractivity contribution in [3.05, 3.63) is 29.3 Å². The summed E-state index contributed by atoms with van der Waals surface area (Å²) in [5, 5.41) is 3.15. The summed E-state index contributed by atoms with van der Waals surface area (Å²) in [7, 11) is 0. The third kappa shape index (κ3) is 5.93. The number of benzene rings is 1. The second-order valence-electron chi connectivity index (χ2n) is 4.06. The Balaban J connectivity index is 2.34. The van der Waals surface area contributed by atoms with Crippen molar-refractivity contribution in [3.63, 3.8) is 0 Å². The maximum Gasteiger partial charge on any atom is 0.307 e. The molecule has 1 unspecified atom stereocenters. The van der Waals surface area contributed by atoms with Gasteiger partial charge in [-0.15, -0.1) is 0 Å². The number of amides is 1. The summed E-state index contributed by atoms with van der Waals surface area (Å²) in [6.07, 6.45) is -0.528. The number of hydrogen-bond acceptors (Lipinski definition) is 4. The highest BCUT2D eigenvalue weighted by molar-refractivity contribution is 6.30. The predicted molar refractivity (Wildman–Crippen MR) is 75.8 cm³/mol. The Hall–Kier alpha value is -1.75. The molecule has 0 bridgehead atoms. The minimum atomic E-state index is -0.671. The van der Waals surface area contributed by atoms with E-state index in [0.717, 1.165) is 0 Å². The molecular formula is C14H18ClNO4. The van der Waals surface area contributed by atoms with E-state index >= 15 is 0 Å². The quantitative estimate of drug-likeness (QED) is 0.784. The topological polar surface area (TPSA) is 64.6 Å². The van der Waals surface area contributed by atoms with Crippen LogP contribution in [-0.4, -0.2) is 31.1 Å². The van der Waals surface area contributed by atoms with Gasteiger partial charge in [-0.05, 0) is 32.0 Å². The van der Waals surface area contributed by atoms with Crippen molar-refractivity contribution in [2.75, 3.05) is 13.2 Å². The molecule has 110 valence electrons. The molecule has 0 saturated heterocycles. The van der Waals surface area contributed by atoms with Crippen molar-refractivity contribution in [3.8, 4) is 5.75 Å². The number of rotatable bonds is 7. The number of nitrogens with one attached hydrogen (secondary N) is 1. The van der Waals surface area contributed by atoms with Gasteiger partial charge < -0.3 is 14.8 Å². The molecule has 0 aliphatic heterocycles. The summed E-state index contributed by atoms with van der Waals surface area (Å²) in [4.78, 5) is 22.9. The van der Waals surface area contributed by atoms with Crippen molar-refractivity contribution < 1.29 is 19.1 Å². The minimum Gasteiger partial charge on any atom is -0.481 e. The predicted octanol–water partition coefficient (Wildman–Crippen LogP) is 2.18. The molecule has 0 aliphatic rings. The molecule has 1 aromatic carbocycles. The first-order valence-electron chi connectivity index (χ1n) is 6.38. The maximum atomic E-state index is 11.8. The van der Waals surface area contributed by atoms with Crippen LogP contribution in [0.15, 0.2) is 24.3 Å². The lowest BCUT2D eigenvalue weighted by atomic mass is 10.3. The Labute approximate surface area is 123 Å². The lowest BCUT2D eigenvalue weighted by Crippen LogP contribution is -2.37. The van der Waals surface area contributed by atoms with Crippen molar-refractivity contribution in [1.29, 1.82) is 0 Å². The lowest BCUT2D eigenvalue weighted by Gasteiger charge is -2.14. The van der Waals surface area contributed by atoms with E-state index in [1.165, 1.54) is 0 Å². The Morgan fingerprint density at radius 3 is 2.80 bits per heavy atom. The number of carbonyl (C=O) groups is 2. The van der Waals surface area contributed by atoms with E-state index in [1.807, 2.05) is 0 Å². The molecule has 20 heavy (non-hydrogen) atoms. The van der Waals surface area contributed by atoms with Gasteiger partial charge in [0.25, 0.3) is 5.91 Å². The molecule has 0 radical (unpaired) electrons. The molecule has 0 fully saturated rings. The van der Waals surface area contributed by atoms with Gasteiger partial charge in [-0.2, -0.15) is 0 Å². The first-order valence-corrected chi connectivity index (χ1v) is 6.76. The molecule has 1 aromatic rings. The summed E-state index contributed by atoms with van der Waals surface area (Å²) in [5.74, 6) is -0.115. The van der Waals surface area contributed by atoms with Gasteiger partial charge in [0.1, 0.15) is 5.75 Å². The van der Waals surface area contributed by atoms with Crippen LogP contribution in [0.1, 0.15) is 20.3 Å². The summed E-state index contributed by atoms with van der Waals surface area (Å²) < 4.78 is 10.2. The standard InChI is InChI=1S/C14H18ClNO4/c1-3-19-13(17)7-8-16-14(18)10(2)20-12-6-4-5-11(15)9-12/h4-6,9-10H,3,7-8H2,1-2H3,(H,16,18). The van der Waals surface area contributed by atoms with E-state index in [-0.39, 0.29) is 24.8 Å². The highest BCUT2D eigenvalue weighted by atomic mass is 35.5. The Morgan fingerprint density at radius 1 is 1.40 bits per heavy atom. The summed E-state index contributed by atoms with van der Waals surface area (Å²) >= 11 is 5.82. The first-order chi connectivity index (χ1) is 9.52. The molecule has 0 spiro atoms. The molecule has 6 heteroatoms. The van der Waals surface area contributed by atoms with Gasteiger partial charge in [0.2, 0.25) is 0 Å². The normalized spacial score (nSPS) is 11.6. The van der Waals surface area contributed by atoms with Crippen LogP contribution in [0.3, 0.4) is 0 Å². The Kier molecular flexibility index (Phi) is 6.87. The molecule has 1 atom stereocenters. The molecule has 5 nitrogen and oxygen atoms in total. The lowest BCUT2D eigenvalue weighted by molar-refractivity contribution is -0.143. The summed E-state index contributed by atoms with van der Waals surface area (Å²) in [6.45, 7) is 3.92. The van der Waals surface area contributed by atoms with Crippen LogP contribution in [0.2, 0.25) is 5.02 Å². The smallest absolute Gasteiger partial charge is 0.307 e. The zero-order valence-electron chi connectivity index (χ0n) is 11.5. The molecule has 0 aromatic heterocycles. The first kappa shape index (κ1) is 16.3. The molecular weight excluding hydrogens is 282 g/mol. The maximum absolute atomic E-state index is 11.8. The number of ether oxygens (including phenoxy) is 2. The van der Waals surface area contributed by atoms with Crippen LogP contribution >= 0.6 is 11.6 Å². The van der Waals surface area contributed by atoms with E-state index in [0.29, 0.717) is 17.4 Å². The molecule has 0 saturated carbocycles. The second kappa shape index (κ2) is 8.43. The second-order valence-corrected chi connectivity index (χ2v) is 4.50. The zero-order chi connectivity index (χ0) is 15.0. The van der Waals surface area contributed by atoms with Gasteiger partial charge in [0.05, 0.1) is 13.0 Å². The van der Waals surface area contributed by atoms with Crippen LogP contribution in [-0.2, 0) is 14.3 Å². The number of hydrogen-bond donors (Lipinski definition) is 1. The van der Waals surface area contributed by atoms with E-state index in [2.05, 4.69) is 5.32 Å². The van der Waals surface area contributed by atoms with E-state index < -0.39 is 6.10 Å². The highest BCUT2D eigenvalue weighted by Gasteiger charge is 2.14. The van der Waals surface area contributed by atoms with E-state index in [4.69, 9.17) is 21.1 Å². The molecule has 1 amide bonds. The van der Waals surface area contributed by atoms with Crippen LogP contribution < -0.4 is 10.1 Å². The van der Waals surface area contributed by atoms with Crippen molar-refractivity contribution in [1.82, 2.24) is 5.32 Å². The van der Waals surface area contributed by atoms with Gasteiger partial charge >= 0.3 is 5.97 Å². The van der Waals surface area contributed by atoms with Crippen LogP contribution in [0.5, 0.6) is 5.75 Å². The van der Waals surface area contributed by atoms with Crippen LogP contribution in [0.25, 0.3) is 0 Å². The SMILES string of the molecule is CCOC(=O)CCNC(=O)C(C)Oc1cccc(Cl)c1. The summed E-state index contributed by atoms with van der Waals surface area (Å²) in [5.41, 5.74) is 0. The van der Waals surface area contributed by atoms with Crippen molar-refractivity contribution in [2.45, 2.75) is 26.4 Å². The number of halogens is 1. The zero-order valence-corrected chi connectivity index (χ0v) is 12.3. The van der Waals surface area contributed by atoms with Gasteiger partial charge in [-0.1, -0.05) is 17.7 Å². The fraction of sp³-hybridized carbons (Fsp3) is 0.429. The van der Waals surface area contributed by atoms with Crippen LogP contribution in [0.4, 0.5) is 0 Å². The van der Waals surface area contributed by atoms with Gasteiger partial charge in [0, 0.05) is 11.6 Å². The van der Waals surface area contributed by atoms with Crippen molar-refractivity contribution >= 4 is 23.5 Å². The fourth-order valence-electron chi connectivity index (χ4n) is 1.46. The van der Waals surface area contributed by atoms with Crippen molar-refractivity contribution in [2.24, 2.45) is 0 Å². The largest absolute Gasteiger partial charge is 0.481 e. The fourth-order valence-corrected chi connectivity index (χ4v) is 1.64. The monoisotopic (exact) mass is 299 g/mol. The van der Waals surface area contributed by atoms with Gasteiger partial charge in [0.15, 0.2) is 6.10 Å². The number of esters is 1. The average Bonchev–Trinajstić information content (AvgIpc) is 2.38. The van der Waals surface area contributed by atoms with E-state index in [1.54, 1.807) is 38.1 Å². The van der Waals surface area contributed by atoms with E-state index in [9.17, 15) is 9.59 Å². The molecule has 0 heterocycles. The molecule has 1 rings (SSSR count).